The molecule has 0 bridgehead atoms. The summed E-state index contributed by atoms with van der Waals surface area (Å²) in [5.74, 6) is 0. The molecule has 0 aliphatic heterocycles. The van der Waals surface area contributed by atoms with Gasteiger partial charge in [0.1, 0.15) is 0 Å². The first kappa shape index (κ1) is 18.0. The Kier molecular flexibility index (Phi) is 15.0. The Hall–Kier alpha value is -0.0400. The second-order valence-corrected chi connectivity index (χ2v) is 5.65. The summed E-state index contributed by atoms with van der Waals surface area (Å²) in [6.45, 7) is 6.94. The monoisotopic (exact) mass is 254 g/mol. The van der Waals surface area contributed by atoms with E-state index in [1.165, 1.54) is 90.1 Å². The summed E-state index contributed by atoms with van der Waals surface area (Å²) in [6.07, 6.45) is 16.6. The van der Waals surface area contributed by atoms with Crippen molar-refractivity contribution in [2.24, 2.45) is 0 Å². The maximum Gasteiger partial charge on any atom is 0.0109 e. The number of unbranched alkanes of at least 4 members (excludes halogenated alkanes) is 10. The van der Waals surface area contributed by atoms with E-state index in [2.05, 4.69) is 25.8 Å². The van der Waals surface area contributed by atoms with Crippen LogP contribution in [0, 0.1) is 7.05 Å². The van der Waals surface area contributed by atoms with Crippen LogP contribution in [0.25, 0.3) is 0 Å². The van der Waals surface area contributed by atoms with Crippen LogP contribution in [0.15, 0.2) is 0 Å². The summed E-state index contributed by atoms with van der Waals surface area (Å²) in [4.78, 5) is 2.28. The van der Waals surface area contributed by atoms with Crippen molar-refractivity contribution in [3.63, 3.8) is 0 Å². The van der Waals surface area contributed by atoms with Gasteiger partial charge in [0, 0.05) is 7.05 Å². The molecular formula is C17H36N. The number of nitrogens with zero attached hydrogens (tertiary/aromatic N) is 1. The van der Waals surface area contributed by atoms with Crippen LogP contribution in [0.3, 0.4) is 0 Å². The van der Waals surface area contributed by atoms with Crippen molar-refractivity contribution in [2.75, 3.05) is 13.1 Å². The van der Waals surface area contributed by atoms with E-state index >= 15 is 0 Å². The van der Waals surface area contributed by atoms with Gasteiger partial charge in [-0.15, -0.1) is 0 Å². The summed E-state index contributed by atoms with van der Waals surface area (Å²) in [5, 5.41) is 0. The predicted octanol–water partition coefficient (Wildman–Crippen LogP) is 5.80. The minimum absolute atomic E-state index is 1.20. The lowest BCUT2D eigenvalue weighted by Gasteiger charge is -2.15. The second kappa shape index (κ2) is 15.0. The van der Waals surface area contributed by atoms with Crippen LogP contribution in [0.4, 0.5) is 0 Å². The molecule has 1 heteroatoms. The third-order valence-electron chi connectivity index (χ3n) is 3.66. The van der Waals surface area contributed by atoms with E-state index < -0.39 is 0 Å². The summed E-state index contributed by atoms with van der Waals surface area (Å²) in [7, 11) is 4.14. The Morgan fingerprint density at radius 1 is 0.556 bits per heavy atom. The molecule has 0 atom stereocenters. The molecule has 0 unspecified atom stereocenters. The van der Waals surface area contributed by atoms with Crippen LogP contribution < -0.4 is 0 Å². The largest absolute Gasteiger partial charge is 0.302 e. The number of hydrogen-bond donors (Lipinski definition) is 0. The Morgan fingerprint density at radius 2 is 0.889 bits per heavy atom. The fraction of sp³-hybridized carbons (Fsp3) is 0.941. The quantitative estimate of drug-likeness (QED) is 0.354. The molecule has 0 aromatic heterocycles. The molecule has 109 valence electrons. The zero-order chi connectivity index (χ0) is 13.5. The number of hydrogen-bond acceptors (Lipinski definition) is 1. The fourth-order valence-electron chi connectivity index (χ4n) is 2.34. The van der Waals surface area contributed by atoms with Gasteiger partial charge in [-0.1, -0.05) is 78.1 Å². The van der Waals surface area contributed by atoms with Crippen LogP contribution in [-0.4, -0.2) is 18.0 Å². The minimum atomic E-state index is 1.20. The zero-order valence-electron chi connectivity index (χ0n) is 13.1. The highest BCUT2D eigenvalue weighted by atomic mass is 15.1. The van der Waals surface area contributed by atoms with Crippen molar-refractivity contribution in [3.05, 3.63) is 7.05 Å². The van der Waals surface area contributed by atoms with Crippen molar-refractivity contribution in [1.82, 2.24) is 4.90 Å². The molecule has 0 saturated carbocycles. The SMILES string of the molecule is [CH2]N(CCCCCCCC)CCCCCCCC. The van der Waals surface area contributed by atoms with Crippen LogP contribution in [0.1, 0.15) is 90.9 Å². The number of rotatable bonds is 14. The summed E-state index contributed by atoms with van der Waals surface area (Å²) in [5.41, 5.74) is 0. The molecule has 0 saturated heterocycles. The van der Waals surface area contributed by atoms with Crippen LogP contribution in [0.2, 0.25) is 0 Å². The lowest BCUT2D eigenvalue weighted by Crippen LogP contribution is -2.18. The van der Waals surface area contributed by atoms with Gasteiger partial charge < -0.3 is 4.90 Å². The smallest absolute Gasteiger partial charge is 0.0109 e. The van der Waals surface area contributed by atoms with Gasteiger partial charge in [0.2, 0.25) is 0 Å². The summed E-state index contributed by atoms with van der Waals surface area (Å²) >= 11 is 0. The first-order chi connectivity index (χ1) is 8.81. The molecule has 0 spiro atoms. The van der Waals surface area contributed by atoms with Crippen molar-refractivity contribution in [1.29, 1.82) is 0 Å². The Balaban J connectivity index is 3.10. The third kappa shape index (κ3) is 14.0. The van der Waals surface area contributed by atoms with Gasteiger partial charge in [-0.25, -0.2) is 0 Å². The highest BCUT2D eigenvalue weighted by molar-refractivity contribution is 4.57. The van der Waals surface area contributed by atoms with Gasteiger partial charge >= 0.3 is 0 Å². The lowest BCUT2D eigenvalue weighted by atomic mass is 10.1. The minimum Gasteiger partial charge on any atom is -0.302 e. The normalized spacial score (nSPS) is 11.3. The van der Waals surface area contributed by atoms with E-state index in [9.17, 15) is 0 Å². The second-order valence-electron chi connectivity index (χ2n) is 5.65. The molecule has 0 fully saturated rings. The van der Waals surface area contributed by atoms with Gasteiger partial charge in [-0.3, -0.25) is 0 Å². The van der Waals surface area contributed by atoms with Crippen LogP contribution in [-0.2, 0) is 0 Å². The molecule has 0 aromatic rings. The molecule has 0 aliphatic carbocycles. The molecule has 0 aliphatic rings. The maximum absolute atomic E-state index is 4.14. The molecule has 0 amide bonds. The van der Waals surface area contributed by atoms with Crippen LogP contribution >= 0.6 is 0 Å². The highest BCUT2D eigenvalue weighted by Gasteiger charge is 1.98. The van der Waals surface area contributed by atoms with Gasteiger partial charge in [0.05, 0.1) is 0 Å². The van der Waals surface area contributed by atoms with Crippen molar-refractivity contribution in [2.45, 2.75) is 90.9 Å². The Labute approximate surface area is 116 Å². The Bertz CT molecular complexity index is 129. The van der Waals surface area contributed by atoms with Crippen molar-refractivity contribution < 1.29 is 0 Å². The molecule has 0 rings (SSSR count). The molecule has 0 N–H and O–H groups in total. The molecule has 18 heavy (non-hydrogen) atoms. The fourth-order valence-corrected chi connectivity index (χ4v) is 2.34. The topological polar surface area (TPSA) is 3.24 Å². The van der Waals surface area contributed by atoms with E-state index in [4.69, 9.17) is 0 Å². The van der Waals surface area contributed by atoms with Crippen molar-refractivity contribution in [3.8, 4) is 0 Å². The highest BCUT2D eigenvalue weighted by Crippen LogP contribution is 2.08. The standard InChI is InChI=1S/C17H36N/c1-4-6-8-10-12-14-16-18(3)17-15-13-11-9-7-5-2/h3-17H2,1-2H3. The first-order valence-electron chi connectivity index (χ1n) is 8.36. The third-order valence-corrected chi connectivity index (χ3v) is 3.66. The van der Waals surface area contributed by atoms with Crippen molar-refractivity contribution >= 4 is 0 Å². The average molecular weight is 254 g/mol. The molecule has 1 nitrogen and oxygen atoms in total. The summed E-state index contributed by atoms with van der Waals surface area (Å²) in [6, 6.07) is 0. The lowest BCUT2D eigenvalue weighted by molar-refractivity contribution is 0.345. The summed E-state index contributed by atoms with van der Waals surface area (Å²) < 4.78 is 0. The molecule has 1 radical (unpaired) electrons. The first-order valence-corrected chi connectivity index (χ1v) is 8.36. The average Bonchev–Trinajstić information content (AvgIpc) is 2.38. The maximum atomic E-state index is 4.14. The van der Waals surface area contributed by atoms with Gasteiger partial charge in [0.25, 0.3) is 0 Å². The van der Waals surface area contributed by atoms with E-state index in [1.807, 2.05) is 0 Å². The molecular weight excluding hydrogens is 218 g/mol. The van der Waals surface area contributed by atoms with E-state index in [1.54, 1.807) is 0 Å². The van der Waals surface area contributed by atoms with Crippen LogP contribution in [0.5, 0.6) is 0 Å². The van der Waals surface area contributed by atoms with E-state index in [0.717, 1.165) is 0 Å². The predicted molar refractivity (Wildman–Crippen MR) is 83.7 cm³/mol. The molecule has 0 heterocycles. The van der Waals surface area contributed by atoms with E-state index in [-0.39, 0.29) is 0 Å². The zero-order valence-corrected chi connectivity index (χ0v) is 13.1. The molecule has 0 aromatic carbocycles. The van der Waals surface area contributed by atoms with E-state index in [0.29, 0.717) is 0 Å². The Morgan fingerprint density at radius 3 is 1.28 bits per heavy atom. The van der Waals surface area contributed by atoms with Gasteiger partial charge in [-0.2, -0.15) is 0 Å². The van der Waals surface area contributed by atoms with Gasteiger partial charge in [-0.05, 0) is 25.9 Å². The van der Waals surface area contributed by atoms with Gasteiger partial charge in [0.15, 0.2) is 0 Å².